The van der Waals surface area contributed by atoms with Crippen molar-refractivity contribution in [1.82, 2.24) is 0 Å². The molecule has 0 aliphatic carbocycles. The summed E-state index contributed by atoms with van der Waals surface area (Å²) in [6, 6.07) is 10.6. The van der Waals surface area contributed by atoms with Gasteiger partial charge in [0.15, 0.2) is 5.78 Å². The van der Waals surface area contributed by atoms with Gasteiger partial charge in [-0.3, -0.25) is 9.59 Å². The van der Waals surface area contributed by atoms with Gasteiger partial charge in [0.05, 0.1) is 17.9 Å². The largest absolute Gasteiger partial charge is 0.508 e. The number of carboxylic acid groups (broad SMARTS) is 1. The Balaban J connectivity index is 2.44. The van der Waals surface area contributed by atoms with Gasteiger partial charge in [0.1, 0.15) is 11.5 Å². The van der Waals surface area contributed by atoms with E-state index in [1.807, 2.05) is 6.92 Å². The van der Waals surface area contributed by atoms with Crippen LogP contribution in [0.3, 0.4) is 0 Å². The molecule has 0 aliphatic rings. The Hall–Kier alpha value is -2.82. The summed E-state index contributed by atoms with van der Waals surface area (Å²) in [6.07, 6.45) is -0.392. The number of hydrogen-bond donors (Lipinski definition) is 3. The van der Waals surface area contributed by atoms with Crippen LogP contribution in [0.5, 0.6) is 11.5 Å². The number of Topliss-reactive ketones (excluding diaryl/α,β-unsaturated/α-hetero) is 1. The minimum atomic E-state index is -1.11. The molecule has 2 rings (SSSR count). The first-order valence-electron chi connectivity index (χ1n) is 6.73. The second-order valence-corrected chi connectivity index (χ2v) is 5.13. The van der Waals surface area contributed by atoms with E-state index >= 15 is 0 Å². The lowest BCUT2D eigenvalue weighted by molar-refractivity contribution is -0.137. The number of carboxylic acids is 1. The highest BCUT2D eigenvalue weighted by Crippen LogP contribution is 2.30. The van der Waals surface area contributed by atoms with Crippen LogP contribution in [0.4, 0.5) is 0 Å². The molecule has 0 fully saturated rings. The van der Waals surface area contributed by atoms with Crippen LogP contribution >= 0.6 is 0 Å². The van der Waals surface area contributed by atoms with Crippen molar-refractivity contribution in [2.24, 2.45) is 0 Å². The molecule has 5 heteroatoms. The molecular formula is C17H16O5. The first-order valence-corrected chi connectivity index (χ1v) is 6.73. The van der Waals surface area contributed by atoms with Gasteiger partial charge in [-0.05, 0) is 30.7 Å². The van der Waals surface area contributed by atoms with Crippen LogP contribution in [0, 0.1) is 6.92 Å². The first kappa shape index (κ1) is 15.6. The molecule has 22 heavy (non-hydrogen) atoms. The predicted molar refractivity (Wildman–Crippen MR) is 80.3 cm³/mol. The van der Waals surface area contributed by atoms with E-state index in [2.05, 4.69) is 0 Å². The fourth-order valence-electron chi connectivity index (χ4n) is 2.24. The second kappa shape index (κ2) is 6.30. The summed E-state index contributed by atoms with van der Waals surface area (Å²) in [5.41, 5.74) is 1.46. The van der Waals surface area contributed by atoms with Gasteiger partial charge in [-0.15, -0.1) is 0 Å². The summed E-state index contributed by atoms with van der Waals surface area (Å²) >= 11 is 0. The molecule has 5 nitrogen and oxygen atoms in total. The number of carbonyl (C=O) groups excluding carboxylic acids is 1. The number of phenols is 2. The van der Waals surface area contributed by atoms with E-state index in [9.17, 15) is 19.8 Å². The van der Waals surface area contributed by atoms with Gasteiger partial charge in [0.25, 0.3) is 0 Å². The van der Waals surface area contributed by atoms with Gasteiger partial charge >= 0.3 is 5.97 Å². The minimum Gasteiger partial charge on any atom is -0.508 e. The maximum Gasteiger partial charge on any atom is 0.304 e. The highest BCUT2D eigenvalue weighted by molar-refractivity contribution is 6.04. The molecule has 0 heterocycles. The van der Waals surface area contributed by atoms with Crippen molar-refractivity contribution in [1.29, 1.82) is 0 Å². The zero-order valence-corrected chi connectivity index (χ0v) is 12.0. The number of hydrogen-bond acceptors (Lipinski definition) is 4. The Morgan fingerprint density at radius 2 is 1.68 bits per heavy atom. The highest BCUT2D eigenvalue weighted by atomic mass is 16.4. The van der Waals surface area contributed by atoms with Crippen molar-refractivity contribution in [2.75, 3.05) is 0 Å². The molecule has 0 saturated heterocycles. The van der Waals surface area contributed by atoms with Crippen molar-refractivity contribution >= 4 is 11.8 Å². The third kappa shape index (κ3) is 3.44. The van der Waals surface area contributed by atoms with Gasteiger partial charge in [0, 0.05) is 0 Å². The summed E-state index contributed by atoms with van der Waals surface area (Å²) in [6.45, 7) is 1.89. The summed E-state index contributed by atoms with van der Waals surface area (Å²) in [4.78, 5) is 23.7. The zero-order chi connectivity index (χ0) is 16.3. The topological polar surface area (TPSA) is 94.8 Å². The molecule has 2 aromatic carbocycles. The maximum absolute atomic E-state index is 12.6. The van der Waals surface area contributed by atoms with Crippen molar-refractivity contribution in [3.63, 3.8) is 0 Å². The van der Waals surface area contributed by atoms with E-state index < -0.39 is 24.1 Å². The van der Waals surface area contributed by atoms with Gasteiger partial charge in [-0.2, -0.15) is 0 Å². The van der Waals surface area contributed by atoms with Crippen LogP contribution in [0.15, 0.2) is 42.5 Å². The minimum absolute atomic E-state index is 0.0909. The number of phenolic OH excluding ortho intramolecular Hbond substituents is 2. The molecule has 0 saturated carbocycles. The monoisotopic (exact) mass is 300 g/mol. The molecule has 114 valence electrons. The Morgan fingerprint density at radius 1 is 1.05 bits per heavy atom. The van der Waals surface area contributed by atoms with Crippen LogP contribution in [-0.4, -0.2) is 27.1 Å². The van der Waals surface area contributed by atoms with Crippen LogP contribution in [-0.2, 0) is 4.79 Å². The lowest BCUT2D eigenvalue weighted by atomic mass is 9.87. The fourth-order valence-corrected chi connectivity index (χ4v) is 2.24. The molecule has 0 amide bonds. The Labute approximate surface area is 127 Å². The number of rotatable bonds is 5. The van der Waals surface area contributed by atoms with Gasteiger partial charge in [0.2, 0.25) is 0 Å². The van der Waals surface area contributed by atoms with E-state index in [0.717, 1.165) is 11.6 Å². The van der Waals surface area contributed by atoms with Crippen LogP contribution in [0.1, 0.15) is 33.8 Å². The number of carbonyl (C=O) groups is 2. The van der Waals surface area contributed by atoms with E-state index in [0.29, 0.717) is 5.56 Å². The Morgan fingerprint density at radius 3 is 2.27 bits per heavy atom. The molecule has 1 atom stereocenters. The van der Waals surface area contributed by atoms with Crippen molar-refractivity contribution < 1.29 is 24.9 Å². The second-order valence-electron chi connectivity index (χ2n) is 5.13. The van der Waals surface area contributed by atoms with Crippen LogP contribution in [0.2, 0.25) is 0 Å². The van der Waals surface area contributed by atoms with Crippen LogP contribution < -0.4 is 0 Å². The molecule has 2 aromatic rings. The van der Waals surface area contributed by atoms with Crippen molar-refractivity contribution in [3.05, 3.63) is 59.2 Å². The smallest absolute Gasteiger partial charge is 0.304 e. The lowest BCUT2D eigenvalue weighted by Crippen LogP contribution is -2.17. The molecule has 0 aliphatic heterocycles. The maximum atomic E-state index is 12.6. The molecule has 1 unspecified atom stereocenters. The Bertz CT molecular complexity index is 703. The van der Waals surface area contributed by atoms with Gasteiger partial charge in [-0.25, -0.2) is 0 Å². The number of ketones is 1. The number of aryl methyl sites for hydroxylation is 1. The lowest BCUT2D eigenvalue weighted by Gasteiger charge is -2.15. The van der Waals surface area contributed by atoms with E-state index in [4.69, 9.17) is 5.11 Å². The van der Waals surface area contributed by atoms with Crippen molar-refractivity contribution in [3.8, 4) is 11.5 Å². The van der Waals surface area contributed by atoms with E-state index in [-0.39, 0.29) is 17.1 Å². The molecule has 0 spiro atoms. The zero-order valence-electron chi connectivity index (χ0n) is 12.0. The number of aliphatic carboxylic acids is 1. The summed E-state index contributed by atoms with van der Waals surface area (Å²) < 4.78 is 0. The predicted octanol–water partition coefficient (Wildman–Crippen LogP) is 2.85. The van der Waals surface area contributed by atoms with Crippen LogP contribution in [0.25, 0.3) is 0 Å². The summed E-state index contributed by atoms with van der Waals surface area (Å²) in [5, 5.41) is 28.3. The Kier molecular flexibility index (Phi) is 4.46. The van der Waals surface area contributed by atoms with Crippen molar-refractivity contribution in [2.45, 2.75) is 19.3 Å². The fraction of sp³-hybridized carbons (Fsp3) is 0.176. The third-order valence-electron chi connectivity index (χ3n) is 3.42. The molecule has 0 aromatic heterocycles. The average molecular weight is 300 g/mol. The highest BCUT2D eigenvalue weighted by Gasteiger charge is 2.27. The summed E-state index contributed by atoms with van der Waals surface area (Å²) in [5.74, 6) is -3.03. The molecule has 0 bridgehead atoms. The average Bonchev–Trinajstić information content (AvgIpc) is 2.47. The normalized spacial score (nSPS) is 11.9. The third-order valence-corrected chi connectivity index (χ3v) is 3.42. The van der Waals surface area contributed by atoms with Gasteiger partial charge < -0.3 is 15.3 Å². The standard InChI is InChI=1S/C17H16O5/c1-10-2-4-11(5-3-10)13(9-16(20)21)17(22)14-8-12(18)6-7-15(14)19/h2-8,13,18-19H,9H2,1H3,(H,20,21). The molecular weight excluding hydrogens is 284 g/mol. The summed E-state index contributed by atoms with van der Waals surface area (Å²) in [7, 11) is 0. The quantitative estimate of drug-likeness (QED) is 0.583. The van der Waals surface area contributed by atoms with E-state index in [1.54, 1.807) is 24.3 Å². The number of benzene rings is 2. The molecule has 3 N–H and O–H groups in total. The van der Waals surface area contributed by atoms with Gasteiger partial charge in [-0.1, -0.05) is 29.8 Å². The van der Waals surface area contributed by atoms with E-state index in [1.165, 1.54) is 12.1 Å². The first-order chi connectivity index (χ1) is 10.4. The number of aromatic hydroxyl groups is 2. The molecule has 0 radical (unpaired) electrons. The SMILES string of the molecule is Cc1ccc(C(CC(=O)O)C(=O)c2cc(O)ccc2O)cc1.